The Bertz CT molecular complexity index is 939. The summed E-state index contributed by atoms with van der Waals surface area (Å²) in [6, 6.07) is 6.07. The summed E-state index contributed by atoms with van der Waals surface area (Å²) in [5, 5.41) is 12.7. The molecule has 3 amide bonds. The van der Waals surface area contributed by atoms with Gasteiger partial charge in [-0.1, -0.05) is 12.1 Å². The van der Waals surface area contributed by atoms with E-state index in [2.05, 4.69) is 21.0 Å². The molecule has 2 aliphatic heterocycles. The lowest BCUT2D eigenvalue weighted by Gasteiger charge is -2.14. The maximum atomic E-state index is 12.4. The van der Waals surface area contributed by atoms with Gasteiger partial charge in [-0.25, -0.2) is 0 Å². The van der Waals surface area contributed by atoms with Gasteiger partial charge in [-0.3, -0.25) is 19.1 Å². The van der Waals surface area contributed by atoms with Crippen LogP contribution in [0.4, 0.5) is 11.5 Å². The van der Waals surface area contributed by atoms with E-state index in [1.165, 1.54) is 0 Å². The van der Waals surface area contributed by atoms with Gasteiger partial charge in [-0.15, -0.1) is 0 Å². The molecule has 8 nitrogen and oxygen atoms in total. The second kappa shape index (κ2) is 7.07. The third kappa shape index (κ3) is 3.42. The first-order chi connectivity index (χ1) is 13.0. The molecule has 140 valence electrons. The standard InChI is InChI=1S/C18H19N5O3S/c1-23-16(11-8-27-9-14(11)22-23)21-15(24)7-6-13-18(26)19-12-5-3-2-4-10(12)17(25)20-13/h2-5,13H,6-9H2,1H3,(H,19,26)(H,20,25)(H,21,24)/t13-/m0/s1. The van der Waals surface area contributed by atoms with Crippen molar-refractivity contribution in [2.24, 2.45) is 7.05 Å². The Hall–Kier alpha value is -2.81. The summed E-state index contributed by atoms with van der Waals surface area (Å²) in [5.41, 5.74) is 2.97. The average molecular weight is 385 g/mol. The van der Waals surface area contributed by atoms with Crippen LogP contribution in [0.5, 0.6) is 0 Å². The lowest BCUT2D eigenvalue weighted by Crippen LogP contribution is -2.41. The number of aromatic nitrogens is 2. The van der Waals surface area contributed by atoms with Crippen molar-refractivity contribution in [1.29, 1.82) is 0 Å². The molecule has 2 aromatic rings. The first-order valence-electron chi connectivity index (χ1n) is 8.66. The Morgan fingerprint density at radius 1 is 1.33 bits per heavy atom. The summed E-state index contributed by atoms with van der Waals surface area (Å²) in [5.74, 6) is 1.55. The molecule has 0 unspecified atom stereocenters. The molecule has 4 rings (SSSR count). The molecule has 1 aromatic carbocycles. The quantitative estimate of drug-likeness (QED) is 0.742. The minimum atomic E-state index is -0.761. The van der Waals surface area contributed by atoms with Crippen molar-refractivity contribution in [2.45, 2.75) is 30.4 Å². The molecule has 0 bridgehead atoms. The van der Waals surface area contributed by atoms with Crippen LogP contribution in [0.2, 0.25) is 0 Å². The third-order valence-electron chi connectivity index (χ3n) is 4.68. The van der Waals surface area contributed by atoms with E-state index < -0.39 is 6.04 Å². The maximum Gasteiger partial charge on any atom is 0.254 e. The Labute approximate surface area is 160 Å². The number of fused-ring (bicyclic) bond motifs is 2. The zero-order chi connectivity index (χ0) is 19.0. The van der Waals surface area contributed by atoms with E-state index in [1.54, 1.807) is 47.8 Å². The van der Waals surface area contributed by atoms with Crippen molar-refractivity contribution >= 4 is 41.0 Å². The Morgan fingerprint density at radius 2 is 2.15 bits per heavy atom. The van der Waals surface area contributed by atoms with Crippen LogP contribution in [0.25, 0.3) is 0 Å². The minimum absolute atomic E-state index is 0.113. The molecular formula is C18H19N5O3S. The molecule has 3 N–H and O–H groups in total. The highest BCUT2D eigenvalue weighted by molar-refractivity contribution is 7.98. The normalized spacial score (nSPS) is 18.2. The molecule has 0 aliphatic carbocycles. The number of nitrogens with zero attached hydrogens (tertiary/aromatic N) is 2. The second-order valence-electron chi connectivity index (χ2n) is 6.54. The van der Waals surface area contributed by atoms with Gasteiger partial charge in [0.25, 0.3) is 5.91 Å². The molecule has 1 atom stereocenters. The number of amides is 3. The predicted octanol–water partition coefficient (Wildman–Crippen LogP) is 1.64. The van der Waals surface area contributed by atoms with Gasteiger partial charge in [0.05, 0.1) is 16.9 Å². The lowest BCUT2D eigenvalue weighted by atomic mass is 10.1. The fourth-order valence-corrected chi connectivity index (χ4v) is 4.32. The number of hydrogen-bond acceptors (Lipinski definition) is 5. The lowest BCUT2D eigenvalue weighted by molar-refractivity contribution is -0.118. The minimum Gasteiger partial charge on any atom is -0.340 e. The Morgan fingerprint density at radius 3 is 3.00 bits per heavy atom. The zero-order valence-electron chi connectivity index (χ0n) is 14.7. The van der Waals surface area contributed by atoms with E-state index in [4.69, 9.17) is 0 Å². The molecule has 0 saturated carbocycles. The average Bonchev–Trinajstić information content (AvgIpc) is 3.17. The summed E-state index contributed by atoms with van der Waals surface area (Å²) < 4.78 is 1.68. The number of thioether (sulfide) groups is 1. The first-order valence-corrected chi connectivity index (χ1v) is 9.81. The van der Waals surface area contributed by atoms with Crippen LogP contribution in [0, 0.1) is 0 Å². The van der Waals surface area contributed by atoms with Gasteiger partial charge in [-0.2, -0.15) is 16.9 Å². The van der Waals surface area contributed by atoms with Gasteiger partial charge in [-0.05, 0) is 18.6 Å². The number of hydrogen-bond donors (Lipinski definition) is 3. The number of carbonyl (C=O) groups excluding carboxylic acids is 3. The highest BCUT2D eigenvalue weighted by Gasteiger charge is 2.28. The third-order valence-corrected chi connectivity index (χ3v) is 5.65. The number of para-hydroxylation sites is 1. The zero-order valence-corrected chi connectivity index (χ0v) is 15.6. The van der Waals surface area contributed by atoms with E-state index in [0.717, 1.165) is 22.8 Å². The number of nitrogens with one attached hydrogen (secondary N) is 3. The van der Waals surface area contributed by atoms with E-state index in [-0.39, 0.29) is 30.6 Å². The number of carbonyl (C=O) groups is 3. The van der Waals surface area contributed by atoms with E-state index in [0.29, 0.717) is 17.1 Å². The summed E-state index contributed by atoms with van der Waals surface area (Å²) in [4.78, 5) is 37.1. The van der Waals surface area contributed by atoms with Crippen molar-refractivity contribution in [3.05, 3.63) is 41.1 Å². The Kier molecular flexibility index (Phi) is 4.61. The molecule has 1 aromatic heterocycles. The summed E-state index contributed by atoms with van der Waals surface area (Å²) in [7, 11) is 1.80. The second-order valence-corrected chi connectivity index (χ2v) is 7.52. The monoisotopic (exact) mass is 385 g/mol. The van der Waals surface area contributed by atoms with Crippen LogP contribution < -0.4 is 16.0 Å². The van der Waals surface area contributed by atoms with Gasteiger partial charge < -0.3 is 16.0 Å². The van der Waals surface area contributed by atoms with Gasteiger partial charge in [0.1, 0.15) is 11.9 Å². The van der Waals surface area contributed by atoms with Crippen molar-refractivity contribution in [3.8, 4) is 0 Å². The van der Waals surface area contributed by atoms with Crippen LogP contribution >= 0.6 is 11.8 Å². The van der Waals surface area contributed by atoms with Gasteiger partial charge in [0.2, 0.25) is 11.8 Å². The van der Waals surface area contributed by atoms with Crippen molar-refractivity contribution in [3.63, 3.8) is 0 Å². The molecule has 3 heterocycles. The molecular weight excluding hydrogens is 366 g/mol. The van der Waals surface area contributed by atoms with Crippen LogP contribution in [0.3, 0.4) is 0 Å². The molecule has 0 radical (unpaired) electrons. The number of benzene rings is 1. The number of aryl methyl sites for hydroxylation is 1. The van der Waals surface area contributed by atoms with Crippen LogP contribution in [-0.4, -0.2) is 33.5 Å². The number of anilines is 2. The van der Waals surface area contributed by atoms with E-state index >= 15 is 0 Å². The van der Waals surface area contributed by atoms with Crippen LogP contribution in [-0.2, 0) is 28.1 Å². The predicted molar refractivity (Wildman–Crippen MR) is 102 cm³/mol. The van der Waals surface area contributed by atoms with Gasteiger partial charge >= 0.3 is 0 Å². The summed E-state index contributed by atoms with van der Waals surface area (Å²) >= 11 is 1.76. The van der Waals surface area contributed by atoms with Crippen LogP contribution in [0.1, 0.15) is 34.5 Å². The fraction of sp³-hybridized carbons (Fsp3) is 0.333. The fourth-order valence-electron chi connectivity index (χ4n) is 3.28. The van der Waals surface area contributed by atoms with Crippen molar-refractivity contribution < 1.29 is 14.4 Å². The van der Waals surface area contributed by atoms with E-state index in [9.17, 15) is 14.4 Å². The largest absolute Gasteiger partial charge is 0.340 e. The Balaban J connectivity index is 1.40. The maximum absolute atomic E-state index is 12.4. The summed E-state index contributed by atoms with van der Waals surface area (Å²) in [6.07, 6.45) is 0.327. The van der Waals surface area contributed by atoms with Crippen molar-refractivity contribution in [1.82, 2.24) is 15.1 Å². The molecule has 0 saturated heterocycles. The van der Waals surface area contributed by atoms with Gasteiger partial charge in [0.15, 0.2) is 0 Å². The summed E-state index contributed by atoms with van der Waals surface area (Å²) in [6.45, 7) is 0. The van der Waals surface area contributed by atoms with E-state index in [1.807, 2.05) is 0 Å². The van der Waals surface area contributed by atoms with Crippen molar-refractivity contribution in [2.75, 3.05) is 10.6 Å². The molecule has 0 spiro atoms. The highest BCUT2D eigenvalue weighted by Crippen LogP contribution is 2.34. The highest BCUT2D eigenvalue weighted by atomic mass is 32.2. The van der Waals surface area contributed by atoms with Crippen LogP contribution in [0.15, 0.2) is 24.3 Å². The van der Waals surface area contributed by atoms with Gasteiger partial charge in [0, 0.05) is 30.5 Å². The number of rotatable bonds is 4. The molecule has 2 aliphatic rings. The molecule has 0 fully saturated rings. The molecule has 9 heteroatoms. The first kappa shape index (κ1) is 17.6. The smallest absolute Gasteiger partial charge is 0.254 e. The molecule has 27 heavy (non-hydrogen) atoms. The SMILES string of the molecule is Cn1nc2c(c1NC(=O)CC[C@@H]1NC(=O)c3ccccc3NC1=O)CSC2. The topological polar surface area (TPSA) is 105 Å².